The van der Waals surface area contributed by atoms with Gasteiger partial charge < -0.3 is 0 Å². The van der Waals surface area contributed by atoms with Crippen LogP contribution in [-0.2, 0) is 10.0 Å². The van der Waals surface area contributed by atoms with Gasteiger partial charge in [-0.25, -0.2) is 8.42 Å². The Morgan fingerprint density at radius 1 is 1.29 bits per heavy atom. The van der Waals surface area contributed by atoms with Gasteiger partial charge in [-0.05, 0) is 26.0 Å². The van der Waals surface area contributed by atoms with Crippen LogP contribution in [0.25, 0.3) is 0 Å². The largest absolute Gasteiger partial charge is 0.282 e. The van der Waals surface area contributed by atoms with Crippen molar-refractivity contribution in [2.75, 3.05) is 4.72 Å². The molecule has 1 rings (SSSR count). The molecule has 0 radical (unpaired) electrons. The average Bonchev–Trinajstić information content (AvgIpc) is 2.08. The summed E-state index contributed by atoms with van der Waals surface area (Å²) in [5.74, 6) is 0. The summed E-state index contributed by atoms with van der Waals surface area (Å²) in [6.45, 7) is 3.22. The maximum Gasteiger partial charge on any atom is 0.235 e. The quantitative estimate of drug-likeness (QED) is 0.872. The number of para-hydroxylation sites is 1. The molecule has 1 N–H and O–H groups in total. The van der Waals surface area contributed by atoms with Crippen molar-refractivity contribution in [3.05, 3.63) is 29.3 Å². The van der Waals surface area contributed by atoms with Crippen LogP contribution in [0.5, 0.6) is 0 Å². The lowest BCUT2D eigenvalue weighted by molar-refractivity contribution is 0.593. The Labute approximate surface area is 89.1 Å². The van der Waals surface area contributed by atoms with Gasteiger partial charge in [-0.1, -0.05) is 23.7 Å². The molecule has 0 saturated heterocycles. The molecular weight excluding hydrogens is 222 g/mol. The standard InChI is InChI=1S/C9H12ClNO2S/c1-7(2)14(12,13)11-9-6-4-3-5-8(9)10/h3-7,11H,1-2H3. The molecule has 78 valence electrons. The molecule has 0 amide bonds. The van der Waals surface area contributed by atoms with Crippen molar-refractivity contribution in [1.82, 2.24) is 0 Å². The van der Waals surface area contributed by atoms with E-state index in [-0.39, 0.29) is 0 Å². The fourth-order valence-electron chi connectivity index (χ4n) is 0.815. The second-order valence-electron chi connectivity index (χ2n) is 3.18. The number of rotatable bonds is 3. The minimum Gasteiger partial charge on any atom is -0.282 e. The fourth-order valence-corrected chi connectivity index (χ4v) is 1.77. The third-order valence-electron chi connectivity index (χ3n) is 1.75. The van der Waals surface area contributed by atoms with Crippen LogP contribution in [0.3, 0.4) is 0 Å². The van der Waals surface area contributed by atoms with Crippen LogP contribution in [-0.4, -0.2) is 13.7 Å². The monoisotopic (exact) mass is 233 g/mol. The van der Waals surface area contributed by atoms with Gasteiger partial charge in [0.2, 0.25) is 10.0 Å². The van der Waals surface area contributed by atoms with E-state index in [4.69, 9.17) is 11.6 Å². The minimum atomic E-state index is -3.31. The summed E-state index contributed by atoms with van der Waals surface area (Å²) in [5, 5.41) is -0.0736. The molecule has 0 atom stereocenters. The third-order valence-corrected chi connectivity index (χ3v) is 3.82. The van der Waals surface area contributed by atoms with E-state index in [1.165, 1.54) is 0 Å². The summed E-state index contributed by atoms with van der Waals surface area (Å²) < 4.78 is 25.4. The molecule has 0 aliphatic rings. The molecule has 0 aliphatic carbocycles. The van der Waals surface area contributed by atoms with E-state index in [0.717, 1.165) is 0 Å². The SMILES string of the molecule is CC(C)S(=O)(=O)Nc1ccccc1Cl. The van der Waals surface area contributed by atoms with E-state index in [9.17, 15) is 8.42 Å². The van der Waals surface area contributed by atoms with Crippen molar-refractivity contribution in [2.45, 2.75) is 19.1 Å². The zero-order chi connectivity index (χ0) is 10.8. The predicted octanol–water partition coefficient (Wildman–Crippen LogP) is 2.49. The van der Waals surface area contributed by atoms with Gasteiger partial charge in [-0.15, -0.1) is 0 Å². The molecule has 0 unspecified atom stereocenters. The molecule has 0 heterocycles. The van der Waals surface area contributed by atoms with Crippen LogP contribution in [0.4, 0.5) is 5.69 Å². The van der Waals surface area contributed by atoms with Crippen molar-refractivity contribution in [3.8, 4) is 0 Å². The predicted molar refractivity (Wildman–Crippen MR) is 59.1 cm³/mol. The zero-order valence-corrected chi connectivity index (χ0v) is 9.56. The lowest BCUT2D eigenvalue weighted by Crippen LogP contribution is -2.22. The Balaban J connectivity index is 2.96. The number of halogens is 1. The Bertz CT molecular complexity index is 415. The first-order valence-corrected chi connectivity index (χ1v) is 6.12. The first kappa shape index (κ1) is 11.3. The van der Waals surface area contributed by atoms with E-state index in [1.54, 1.807) is 38.1 Å². The summed E-state index contributed by atoms with van der Waals surface area (Å²) in [6.07, 6.45) is 0. The number of sulfonamides is 1. The van der Waals surface area contributed by atoms with E-state index in [2.05, 4.69) is 4.72 Å². The summed E-state index contributed by atoms with van der Waals surface area (Å²) in [7, 11) is -3.31. The zero-order valence-electron chi connectivity index (χ0n) is 7.99. The number of hydrogen-bond acceptors (Lipinski definition) is 2. The van der Waals surface area contributed by atoms with Gasteiger partial charge in [0, 0.05) is 0 Å². The molecular formula is C9H12ClNO2S. The minimum absolute atomic E-state index is 0.400. The molecule has 0 aromatic heterocycles. The van der Waals surface area contributed by atoms with Crippen LogP contribution in [0, 0.1) is 0 Å². The van der Waals surface area contributed by atoms with Gasteiger partial charge in [0.05, 0.1) is 16.0 Å². The molecule has 14 heavy (non-hydrogen) atoms. The van der Waals surface area contributed by atoms with E-state index in [0.29, 0.717) is 10.7 Å². The summed E-state index contributed by atoms with van der Waals surface area (Å²) in [6, 6.07) is 6.74. The van der Waals surface area contributed by atoms with Crippen LogP contribution in [0.1, 0.15) is 13.8 Å². The summed E-state index contributed by atoms with van der Waals surface area (Å²) in [5.41, 5.74) is 0.419. The van der Waals surface area contributed by atoms with Crippen LogP contribution in [0.15, 0.2) is 24.3 Å². The first-order chi connectivity index (χ1) is 6.43. The Morgan fingerprint density at radius 2 is 1.86 bits per heavy atom. The third kappa shape index (κ3) is 2.62. The number of anilines is 1. The van der Waals surface area contributed by atoms with Crippen molar-refractivity contribution < 1.29 is 8.42 Å². The first-order valence-electron chi connectivity index (χ1n) is 4.19. The molecule has 1 aromatic carbocycles. The molecule has 5 heteroatoms. The second-order valence-corrected chi connectivity index (χ2v) is 5.82. The molecule has 0 fully saturated rings. The highest BCUT2D eigenvalue weighted by Gasteiger charge is 2.16. The van der Waals surface area contributed by atoms with Crippen molar-refractivity contribution in [1.29, 1.82) is 0 Å². The van der Waals surface area contributed by atoms with Crippen LogP contribution in [0.2, 0.25) is 5.02 Å². The van der Waals surface area contributed by atoms with Gasteiger partial charge in [0.15, 0.2) is 0 Å². The average molecular weight is 234 g/mol. The van der Waals surface area contributed by atoms with Crippen molar-refractivity contribution >= 4 is 27.3 Å². The van der Waals surface area contributed by atoms with E-state index in [1.807, 2.05) is 0 Å². The Hall–Kier alpha value is -0.740. The lowest BCUT2D eigenvalue weighted by atomic mass is 10.3. The number of benzene rings is 1. The number of nitrogens with one attached hydrogen (secondary N) is 1. The fraction of sp³-hybridized carbons (Fsp3) is 0.333. The van der Waals surface area contributed by atoms with Crippen molar-refractivity contribution in [3.63, 3.8) is 0 Å². The van der Waals surface area contributed by atoms with E-state index < -0.39 is 15.3 Å². The van der Waals surface area contributed by atoms with E-state index >= 15 is 0 Å². The summed E-state index contributed by atoms with van der Waals surface area (Å²) in [4.78, 5) is 0. The highest BCUT2D eigenvalue weighted by molar-refractivity contribution is 7.93. The molecule has 0 saturated carbocycles. The maximum atomic E-state index is 11.5. The summed E-state index contributed by atoms with van der Waals surface area (Å²) >= 11 is 5.81. The van der Waals surface area contributed by atoms with Gasteiger partial charge in [0.1, 0.15) is 0 Å². The topological polar surface area (TPSA) is 46.2 Å². The van der Waals surface area contributed by atoms with Gasteiger partial charge in [-0.2, -0.15) is 0 Å². The second kappa shape index (κ2) is 4.19. The maximum absolute atomic E-state index is 11.5. The van der Waals surface area contributed by atoms with Gasteiger partial charge in [0.25, 0.3) is 0 Å². The number of hydrogen-bond donors (Lipinski definition) is 1. The Kier molecular flexibility index (Phi) is 3.39. The smallest absolute Gasteiger partial charge is 0.235 e. The van der Waals surface area contributed by atoms with Gasteiger partial charge in [-0.3, -0.25) is 4.72 Å². The van der Waals surface area contributed by atoms with Crippen LogP contribution < -0.4 is 4.72 Å². The molecule has 0 bridgehead atoms. The molecule has 0 aliphatic heterocycles. The normalized spacial score (nSPS) is 11.7. The van der Waals surface area contributed by atoms with Gasteiger partial charge >= 0.3 is 0 Å². The highest BCUT2D eigenvalue weighted by Crippen LogP contribution is 2.22. The molecule has 1 aromatic rings. The highest BCUT2D eigenvalue weighted by atomic mass is 35.5. The van der Waals surface area contributed by atoms with Crippen molar-refractivity contribution in [2.24, 2.45) is 0 Å². The van der Waals surface area contributed by atoms with Crippen LogP contribution >= 0.6 is 11.6 Å². The molecule has 3 nitrogen and oxygen atoms in total. The Morgan fingerprint density at radius 3 is 2.36 bits per heavy atom. The molecule has 0 spiro atoms. The lowest BCUT2D eigenvalue weighted by Gasteiger charge is -2.11.